The van der Waals surface area contributed by atoms with Crippen LogP contribution in [0, 0.1) is 11.2 Å². The number of thioether (sulfide) groups is 1. The lowest BCUT2D eigenvalue weighted by Gasteiger charge is -2.11. The van der Waals surface area contributed by atoms with E-state index in [1.54, 1.807) is 23.1 Å². The Hall–Kier alpha value is -2.70. The number of rotatable bonds is 5. The number of nitrogens with zero attached hydrogens (tertiary/aromatic N) is 6. The van der Waals surface area contributed by atoms with Crippen LogP contribution in [0.4, 0.5) is 0 Å². The van der Waals surface area contributed by atoms with Gasteiger partial charge in [-0.3, -0.25) is 0 Å². The quantitative estimate of drug-likeness (QED) is 0.265. The highest BCUT2D eigenvalue weighted by Gasteiger charge is 2.24. The summed E-state index contributed by atoms with van der Waals surface area (Å²) >= 11 is 5.00. The number of nitriles is 1. The number of hydrogen-bond acceptors (Lipinski definition) is 6. The second-order valence-electron chi connectivity index (χ2n) is 6.12. The normalized spacial score (nSPS) is 10.8. The molecule has 28 heavy (non-hydrogen) atoms. The van der Waals surface area contributed by atoms with E-state index in [0.29, 0.717) is 17.1 Å². The van der Waals surface area contributed by atoms with Crippen molar-refractivity contribution in [1.29, 1.82) is 5.26 Å². The van der Waals surface area contributed by atoms with E-state index >= 15 is 0 Å². The third kappa shape index (κ3) is 3.66. The molecule has 0 amide bonds. The van der Waals surface area contributed by atoms with Crippen molar-refractivity contribution in [3.8, 4) is 17.2 Å². The second-order valence-corrected chi connectivity index (χ2v) is 7.75. The van der Waals surface area contributed by atoms with Gasteiger partial charge < -0.3 is 0 Å². The lowest BCUT2D eigenvalue weighted by molar-refractivity contribution is 0.944. The molecule has 3 heterocycles. The van der Waals surface area contributed by atoms with Gasteiger partial charge in [0.25, 0.3) is 0 Å². The molecule has 0 radical (unpaired) electrons. The zero-order valence-corrected chi connectivity index (χ0v) is 17.4. The molecule has 0 aliphatic heterocycles. The number of halogens is 1. The zero-order chi connectivity index (χ0) is 19.5. The highest BCUT2D eigenvalue weighted by Crippen LogP contribution is 2.21. The van der Waals surface area contributed by atoms with Crippen molar-refractivity contribution in [2.45, 2.75) is 11.5 Å². The minimum absolute atomic E-state index is 0.413. The Morgan fingerprint density at radius 3 is 2.61 bits per heavy atom. The summed E-state index contributed by atoms with van der Waals surface area (Å²) in [5.41, 5.74) is 4.17. The predicted octanol–water partition coefficient (Wildman–Crippen LogP) is 3.22. The molecule has 0 aliphatic carbocycles. The first-order chi connectivity index (χ1) is 13.7. The molecule has 0 N–H and O–H groups in total. The summed E-state index contributed by atoms with van der Waals surface area (Å²) in [6.45, 7) is -0.413. The number of hydrogen-bond donors (Lipinski definition) is 0. The molecule has 0 bridgehead atoms. The molecule has 136 valence electrons. The van der Waals surface area contributed by atoms with Gasteiger partial charge in [-0.2, -0.15) is 5.10 Å². The van der Waals surface area contributed by atoms with Crippen LogP contribution >= 0.6 is 27.7 Å². The maximum Gasteiger partial charge on any atom is 0.326 e. The smallest absolute Gasteiger partial charge is 0.231 e. The molecule has 1 aromatic carbocycles. The molecule has 6 nitrogen and oxygen atoms in total. The Morgan fingerprint density at radius 1 is 1.18 bits per heavy atom. The van der Waals surface area contributed by atoms with E-state index < -0.39 is 6.71 Å². The van der Waals surface area contributed by atoms with Gasteiger partial charge in [0.1, 0.15) is 0 Å². The zero-order valence-electron chi connectivity index (χ0n) is 15.0. The van der Waals surface area contributed by atoms with Crippen LogP contribution in [0.1, 0.15) is 5.56 Å². The van der Waals surface area contributed by atoms with Crippen molar-refractivity contribution in [1.82, 2.24) is 24.6 Å². The number of benzene rings is 1. The third-order valence-electron chi connectivity index (χ3n) is 4.34. The minimum Gasteiger partial charge on any atom is -0.231 e. The van der Waals surface area contributed by atoms with Crippen molar-refractivity contribution in [3.05, 3.63) is 65.0 Å². The van der Waals surface area contributed by atoms with Crippen LogP contribution in [-0.4, -0.2) is 37.5 Å². The van der Waals surface area contributed by atoms with E-state index in [9.17, 15) is 5.26 Å². The van der Waals surface area contributed by atoms with Gasteiger partial charge in [-0.1, -0.05) is 42.1 Å². The maximum atomic E-state index is 9.90. The van der Waals surface area contributed by atoms with Crippen molar-refractivity contribution in [2.75, 3.05) is 6.26 Å². The molecule has 9 heteroatoms. The van der Waals surface area contributed by atoms with Gasteiger partial charge in [0.15, 0.2) is 10.8 Å². The van der Waals surface area contributed by atoms with Crippen LogP contribution in [-0.2, 0) is 6.32 Å². The molecule has 0 saturated carbocycles. The van der Waals surface area contributed by atoms with E-state index in [1.807, 2.05) is 42.7 Å². The first kappa shape index (κ1) is 18.7. The fraction of sp³-hybridized carbons (Fsp3) is 0.105. The van der Waals surface area contributed by atoms with Gasteiger partial charge in [0.2, 0.25) is 0 Å². The summed E-state index contributed by atoms with van der Waals surface area (Å²) in [6, 6.07) is 11.9. The molecule has 4 rings (SSSR count). The highest BCUT2D eigenvalue weighted by molar-refractivity contribution is 9.10. The molecular weight excluding hydrogens is 435 g/mol. The standard InChI is InChI=1S/C19H14BBrN6S/c1-28-19-23-9-13(10-24-19)8-20(12-22)17-7-16(14-5-3-2-4-6-14)26-18-15(21)11-25-27(17)18/h2-7,9-11H,8H2,1H3. The van der Waals surface area contributed by atoms with Crippen molar-refractivity contribution in [3.63, 3.8) is 0 Å². The van der Waals surface area contributed by atoms with Gasteiger partial charge in [-0.15, -0.1) is 0 Å². The molecule has 4 aromatic rings. The fourth-order valence-electron chi connectivity index (χ4n) is 2.97. The fourth-order valence-corrected chi connectivity index (χ4v) is 3.63. The second kappa shape index (κ2) is 8.13. The van der Waals surface area contributed by atoms with Crippen LogP contribution in [0.3, 0.4) is 0 Å². The molecule has 0 fully saturated rings. The van der Waals surface area contributed by atoms with E-state index in [1.165, 1.54) is 11.8 Å². The average Bonchev–Trinajstić information content (AvgIpc) is 3.13. The Kier molecular flexibility index (Phi) is 5.41. The van der Waals surface area contributed by atoms with Crippen LogP contribution in [0.5, 0.6) is 0 Å². The lowest BCUT2D eigenvalue weighted by Crippen LogP contribution is -2.37. The predicted molar refractivity (Wildman–Crippen MR) is 115 cm³/mol. The summed E-state index contributed by atoms with van der Waals surface area (Å²) in [5.74, 6) is 2.41. The van der Waals surface area contributed by atoms with E-state index in [4.69, 9.17) is 4.98 Å². The van der Waals surface area contributed by atoms with Gasteiger partial charge in [-0.05, 0) is 40.1 Å². The van der Waals surface area contributed by atoms with Crippen LogP contribution in [0.25, 0.3) is 16.9 Å². The highest BCUT2D eigenvalue weighted by atomic mass is 79.9. The molecule has 3 aromatic heterocycles. The SMILES string of the molecule is CSc1ncc(CB(C#N)c2cc(-c3ccccc3)nc3c(Br)cnn23)cn1. The van der Waals surface area contributed by atoms with Crippen molar-refractivity contribution < 1.29 is 0 Å². The Morgan fingerprint density at radius 2 is 1.93 bits per heavy atom. The van der Waals surface area contributed by atoms with E-state index in [0.717, 1.165) is 26.9 Å². The molecule has 0 spiro atoms. The summed E-state index contributed by atoms with van der Waals surface area (Å²) < 4.78 is 2.51. The maximum absolute atomic E-state index is 9.90. The first-order valence-corrected chi connectivity index (χ1v) is 10.6. The van der Waals surface area contributed by atoms with Gasteiger partial charge in [0, 0.05) is 29.5 Å². The van der Waals surface area contributed by atoms with Crippen molar-refractivity contribution >= 4 is 45.6 Å². The van der Waals surface area contributed by atoms with Crippen LogP contribution in [0.2, 0.25) is 0 Å². The van der Waals surface area contributed by atoms with E-state index in [2.05, 4.69) is 37.0 Å². The topological polar surface area (TPSA) is 79.8 Å². The monoisotopic (exact) mass is 448 g/mol. The number of fused-ring (bicyclic) bond motifs is 1. The third-order valence-corrected chi connectivity index (χ3v) is 5.48. The molecular formula is C19H14BBrN6S. The van der Waals surface area contributed by atoms with Crippen LogP contribution in [0.15, 0.2) is 64.6 Å². The molecule has 0 unspecified atom stereocenters. The molecule has 0 aliphatic rings. The molecule has 0 atom stereocenters. The first-order valence-electron chi connectivity index (χ1n) is 8.53. The summed E-state index contributed by atoms with van der Waals surface area (Å²) in [4.78, 5) is 13.3. The van der Waals surface area contributed by atoms with Crippen molar-refractivity contribution in [2.24, 2.45) is 0 Å². The largest absolute Gasteiger partial charge is 0.326 e. The van der Waals surface area contributed by atoms with Gasteiger partial charge in [0.05, 0.1) is 16.4 Å². The summed E-state index contributed by atoms with van der Waals surface area (Å²) in [5, 5.41) is 15.0. The van der Waals surface area contributed by atoms with E-state index in [-0.39, 0.29) is 0 Å². The number of aromatic nitrogens is 5. The summed E-state index contributed by atoms with van der Waals surface area (Å²) in [6.07, 6.45) is 7.68. The summed E-state index contributed by atoms with van der Waals surface area (Å²) in [7, 11) is 0. The lowest BCUT2D eigenvalue weighted by atomic mass is 9.45. The Balaban J connectivity index is 1.79. The van der Waals surface area contributed by atoms with Crippen LogP contribution < -0.4 is 5.59 Å². The molecule has 0 saturated heterocycles. The Labute approximate surface area is 175 Å². The minimum atomic E-state index is -0.413. The van der Waals surface area contributed by atoms with Gasteiger partial charge in [-0.25, -0.2) is 24.7 Å². The Bertz CT molecular complexity index is 1160. The average molecular weight is 449 g/mol. The van der Waals surface area contributed by atoms with Gasteiger partial charge >= 0.3 is 6.71 Å².